The summed E-state index contributed by atoms with van der Waals surface area (Å²) in [6, 6.07) is 27.0. The van der Waals surface area contributed by atoms with E-state index in [1.54, 1.807) is 7.11 Å². The zero-order valence-electron chi connectivity index (χ0n) is 17.7. The topological polar surface area (TPSA) is 39.1 Å². The number of aryl methyl sites for hydroxylation is 1. The maximum atomic E-state index is 5.53. The van der Waals surface area contributed by atoms with Gasteiger partial charge in [0.25, 0.3) is 0 Å². The molecular formula is C26H27N3O. The first kappa shape index (κ1) is 19.9. The number of nitrogens with one attached hydrogen (secondary N) is 1. The molecule has 0 bridgehead atoms. The van der Waals surface area contributed by atoms with Crippen LogP contribution < -0.4 is 10.1 Å². The molecule has 3 aromatic carbocycles. The van der Waals surface area contributed by atoms with Crippen molar-refractivity contribution in [1.82, 2.24) is 15.1 Å². The number of methoxy groups -OCH3 is 1. The Hall–Kier alpha value is -3.37. The van der Waals surface area contributed by atoms with Crippen molar-refractivity contribution in [2.24, 2.45) is 0 Å². The third-order valence-electron chi connectivity index (χ3n) is 5.34. The monoisotopic (exact) mass is 397 g/mol. The van der Waals surface area contributed by atoms with Crippen LogP contribution in [0.3, 0.4) is 0 Å². The summed E-state index contributed by atoms with van der Waals surface area (Å²) in [5.41, 5.74) is 6.72. The maximum Gasteiger partial charge on any atom is 0.123 e. The molecule has 0 unspecified atom stereocenters. The molecule has 1 heterocycles. The molecule has 0 saturated carbocycles. The molecule has 0 aliphatic carbocycles. The SMILES string of the molecule is COc1ccccc1[C@@H](C)NCc1cn(-c2ccccc2)nc1-c1ccc(C)cc1. The van der Waals surface area contributed by atoms with Crippen molar-refractivity contribution >= 4 is 0 Å². The van der Waals surface area contributed by atoms with Crippen LogP contribution in [0.5, 0.6) is 5.75 Å². The molecule has 4 heteroatoms. The van der Waals surface area contributed by atoms with Crippen molar-refractivity contribution in [3.63, 3.8) is 0 Å². The van der Waals surface area contributed by atoms with Crippen LogP contribution in [-0.2, 0) is 6.54 Å². The number of para-hydroxylation sites is 2. The van der Waals surface area contributed by atoms with Gasteiger partial charge in [-0.2, -0.15) is 5.10 Å². The number of ether oxygens (including phenoxy) is 1. The van der Waals surface area contributed by atoms with Gasteiger partial charge in [-0.3, -0.25) is 0 Å². The van der Waals surface area contributed by atoms with E-state index in [0.29, 0.717) is 6.54 Å². The Morgan fingerprint density at radius 1 is 0.933 bits per heavy atom. The van der Waals surface area contributed by atoms with Crippen LogP contribution in [0.1, 0.15) is 29.7 Å². The Balaban J connectivity index is 1.64. The molecule has 1 atom stereocenters. The third-order valence-corrected chi connectivity index (χ3v) is 5.34. The molecule has 4 rings (SSSR count). The van der Waals surface area contributed by atoms with E-state index >= 15 is 0 Å². The highest BCUT2D eigenvalue weighted by atomic mass is 16.5. The lowest BCUT2D eigenvalue weighted by Gasteiger charge is -2.17. The van der Waals surface area contributed by atoms with Crippen molar-refractivity contribution in [3.05, 3.63) is 102 Å². The van der Waals surface area contributed by atoms with Gasteiger partial charge in [-0.05, 0) is 32.0 Å². The smallest absolute Gasteiger partial charge is 0.123 e. The lowest BCUT2D eigenvalue weighted by atomic mass is 10.0. The minimum absolute atomic E-state index is 0.145. The number of hydrogen-bond donors (Lipinski definition) is 1. The number of benzene rings is 3. The molecular weight excluding hydrogens is 370 g/mol. The standard InChI is InChI=1S/C26H27N3O/c1-19-13-15-21(16-14-19)26-22(18-29(28-26)23-9-5-4-6-10-23)17-27-20(2)24-11-7-8-12-25(24)30-3/h4-16,18,20,27H,17H2,1-3H3/t20-/m1/s1. The van der Waals surface area contributed by atoms with E-state index < -0.39 is 0 Å². The maximum absolute atomic E-state index is 5.53. The van der Waals surface area contributed by atoms with E-state index in [1.165, 1.54) is 5.56 Å². The van der Waals surface area contributed by atoms with Crippen molar-refractivity contribution in [3.8, 4) is 22.7 Å². The predicted octanol–water partition coefficient (Wildman–Crippen LogP) is 5.71. The summed E-state index contributed by atoms with van der Waals surface area (Å²) in [4.78, 5) is 0. The van der Waals surface area contributed by atoms with Crippen LogP contribution in [0.2, 0.25) is 0 Å². The van der Waals surface area contributed by atoms with E-state index in [-0.39, 0.29) is 6.04 Å². The third kappa shape index (κ3) is 4.29. The predicted molar refractivity (Wildman–Crippen MR) is 122 cm³/mol. The molecule has 4 nitrogen and oxygen atoms in total. The highest BCUT2D eigenvalue weighted by molar-refractivity contribution is 5.63. The zero-order valence-corrected chi connectivity index (χ0v) is 17.7. The van der Waals surface area contributed by atoms with E-state index in [0.717, 1.165) is 33.8 Å². The molecule has 152 valence electrons. The van der Waals surface area contributed by atoms with Crippen LogP contribution in [-0.4, -0.2) is 16.9 Å². The van der Waals surface area contributed by atoms with Crippen molar-refractivity contribution in [1.29, 1.82) is 0 Å². The molecule has 30 heavy (non-hydrogen) atoms. The Bertz CT molecular complexity index is 1100. The van der Waals surface area contributed by atoms with Gasteiger partial charge in [0, 0.05) is 35.5 Å². The summed E-state index contributed by atoms with van der Waals surface area (Å²) >= 11 is 0. The summed E-state index contributed by atoms with van der Waals surface area (Å²) in [5.74, 6) is 0.899. The van der Waals surface area contributed by atoms with Crippen molar-refractivity contribution in [2.45, 2.75) is 26.4 Å². The summed E-state index contributed by atoms with van der Waals surface area (Å²) in [5, 5.41) is 8.56. The Morgan fingerprint density at radius 2 is 1.63 bits per heavy atom. The first-order valence-corrected chi connectivity index (χ1v) is 10.2. The van der Waals surface area contributed by atoms with Crippen molar-refractivity contribution in [2.75, 3.05) is 7.11 Å². The normalized spacial score (nSPS) is 12.0. The molecule has 0 aliphatic rings. The van der Waals surface area contributed by atoms with E-state index in [2.05, 4.69) is 67.8 Å². The van der Waals surface area contributed by atoms with E-state index in [9.17, 15) is 0 Å². The minimum atomic E-state index is 0.145. The van der Waals surface area contributed by atoms with Crippen LogP contribution in [0.25, 0.3) is 16.9 Å². The van der Waals surface area contributed by atoms with Gasteiger partial charge >= 0.3 is 0 Å². The fraction of sp³-hybridized carbons (Fsp3) is 0.192. The van der Waals surface area contributed by atoms with Gasteiger partial charge in [-0.15, -0.1) is 0 Å². The van der Waals surface area contributed by atoms with Gasteiger partial charge in [0.05, 0.1) is 18.5 Å². The average molecular weight is 398 g/mol. The largest absolute Gasteiger partial charge is 0.496 e. The molecule has 0 aliphatic heterocycles. The van der Waals surface area contributed by atoms with Gasteiger partial charge in [0.2, 0.25) is 0 Å². The van der Waals surface area contributed by atoms with Crippen LogP contribution >= 0.6 is 0 Å². The van der Waals surface area contributed by atoms with Gasteiger partial charge < -0.3 is 10.1 Å². The molecule has 1 N–H and O–H groups in total. The summed E-state index contributed by atoms with van der Waals surface area (Å²) in [6.07, 6.45) is 2.12. The van der Waals surface area contributed by atoms with Crippen LogP contribution in [0.4, 0.5) is 0 Å². The minimum Gasteiger partial charge on any atom is -0.496 e. The zero-order chi connectivity index (χ0) is 20.9. The van der Waals surface area contributed by atoms with E-state index in [1.807, 2.05) is 41.1 Å². The highest BCUT2D eigenvalue weighted by Gasteiger charge is 2.15. The first-order chi connectivity index (χ1) is 14.7. The molecule has 4 aromatic rings. The van der Waals surface area contributed by atoms with Gasteiger partial charge in [0.15, 0.2) is 0 Å². The highest BCUT2D eigenvalue weighted by Crippen LogP contribution is 2.27. The number of hydrogen-bond acceptors (Lipinski definition) is 3. The number of aromatic nitrogens is 2. The molecule has 0 radical (unpaired) electrons. The second-order valence-corrected chi connectivity index (χ2v) is 7.49. The van der Waals surface area contributed by atoms with E-state index in [4.69, 9.17) is 9.84 Å². The average Bonchev–Trinajstić information content (AvgIpc) is 3.23. The summed E-state index contributed by atoms with van der Waals surface area (Å²) in [7, 11) is 1.71. The summed E-state index contributed by atoms with van der Waals surface area (Å²) < 4.78 is 7.49. The van der Waals surface area contributed by atoms with Crippen LogP contribution in [0.15, 0.2) is 85.1 Å². The molecule has 0 saturated heterocycles. The Morgan fingerprint density at radius 3 is 2.37 bits per heavy atom. The van der Waals surface area contributed by atoms with Crippen LogP contribution in [0, 0.1) is 6.92 Å². The lowest BCUT2D eigenvalue weighted by molar-refractivity contribution is 0.401. The van der Waals surface area contributed by atoms with Gasteiger partial charge in [0.1, 0.15) is 5.75 Å². The number of rotatable bonds is 7. The summed E-state index contributed by atoms with van der Waals surface area (Å²) in [6.45, 7) is 4.96. The van der Waals surface area contributed by atoms with Gasteiger partial charge in [-0.1, -0.05) is 66.2 Å². The van der Waals surface area contributed by atoms with Crippen molar-refractivity contribution < 1.29 is 4.74 Å². The number of nitrogens with zero attached hydrogens (tertiary/aromatic N) is 2. The second-order valence-electron chi connectivity index (χ2n) is 7.49. The second kappa shape index (κ2) is 8.97. The fourth-order valence-corrected chi connectivity index (χ4v) is 3.60. The Labute approximate surface area is 178 Å². The lowest BCUT2D eigenvalue weighted by Crippen LogP contribution is -2.18. The first-order valence-electron chi connectivity index (χ1n) is 10.2. The molecule has 0 fully saturated rings. The van der Waals surface area contributed by atoms with Gasteiger partial charge in [-0.25, -0.2) is 4.68 Å². The quantitative estimate of drug-likeness (QED) is 0.434. The molecule has 0 amide bonds. The molecule has 0 spiro atoms. The Kier molecular flexibility index (Phi) is 5.96. The fourth-order valence-electron chi connectivity index (χ4n) is 3.60. The molecule has 1 aromatic heterocycles.